The molecule has 0 atom stereocenters. The van der Waals surface area contributed by atoms with E-state index in [0.717, 1.165) is 12.8 Å². The molecule has 7 heavy (non-hydrogen) atoms. The van der Waals surface area contributed by atoms with Crippen LogP contribution in [0.2, 0.25) is 0 Å². The first-order valence-electron chi connectivity index (χ1n) is 2.45. The first-order valence-corrected chi connectivity index (χ1v) is 2.45. The van der Waals surface area contributed by atoms with Crippen molar-refractivity contribution in [1.29, 1.82) is 5.41 Å². The molecule has 0 bridgehead atoms. The van der Waals surface area contributed by atoms with Crippen LogP contribution in [0.4, 0.5) is 0 Å². The Hall–Kier alpha value is -0.530. The maximum atomic E-state index is 6.31. The molecule has 0 saturated carbocycles. The summed E-state index contributed by atoms with van der Waals surface area (Å²) in [5, 5.41) is 6.31. The summed E-state index contributed by atoms with van der Waals surface area (Å²) in [6, 6.07) is 0. The fourth-order valence-corrected chi connectivity index (χ4v) is 0.268. The van der Waals surface area contributed by atoms with Crippen LogP contribution < -0.4 is 0 Å². The normalized spacial score (nSPS) is 8.14. The Morgan fingerprint density at radius 2 is 2.43 bits per heavy atom. The highest BCUT2D eigenvalue weighted by Gasteiger charge is 1.77. The molecule has 0 aromatic carbocycles. The van der Waals surface area contributed by atoms with Gasteiger partial charge < -0.3 is 4.74 Å². The SMILES string of the molecule is CCCCO[C]=N. The van der Waals surface area contributed by atoms with Crippen molar-refractivity contribution in [2.75, 3.05) is 6.61 Å². The van der Waals surface area contributed by atoms with Gasteiger partial charge in [-0.1, -0.05) is 13.3 Å². The molecular formula is C5H10NO. The third-order valence-corrected chi connectivity index (χ3v) is 0.672. The monoisotopic (exact) mass is 100 g/mol. The Kier molecular flexibility index (Phi) is 5.06. The molecule has 0 fully saturated rings. The first kappa shape index (κ1) is 6.47. The lowest BCUT2D eigenvalue weighted by atomic mass is 10.4. The molecule has 0 amide bonds. The van der Waals surface area contributed by atoms with Crippen LogP contribution in [0.3, 0.4) is 0 Å². The van der Waals surface area contributed by atoms with Gasteiger partial charge in [-0.05, 0) is 6.42 Å². The number of unbranched alkanes of at least 4 members (excludes halogenated alkanes) is 1. The van der Waals surface area contributed by atoms with E-state index in [1.807, 2.05) is 6.40 Å². The van der Waals surface area contributed by atoms with Crippen LogP contribution in [-0.2, 0) is 4.74 Å². The van der Waals surface area contributed by atoms with Gasteiger partial charge in [-0.25, -0.2) is 0 Å². The molecule has 1 radical (unpaired) electrons. The van der Waals surface area contributed by atoms with Crippen molar-refractivity contribution >= 4 is 6.40 Å². The third kappa shape index (κ3) is 5.47. The van der Waals surface area contributed by atoms with E-state index in [1.54, 1.807) is 0 Å². The number of rotatable bonds is 4. The Morgan fingerprint density at radius 1 is 1.71 bits per heavy atom. The summed E-state index contributed by atoms with van der Waals surface area (Å²) in [4.78, 5) is 0. The number of ether oxygens (including phenoxy) is 1. The summed E-state index contributed by atoms with van der Waals surface area (Å²) < 4.78 is 4.49. The van der Waals surface area contributed by atoms with Gasteiger partial charge in [0.15, 0.2) is 0 Å². The van der Waals surface area contributed by atoms with Crippen LogP contribution in [0.15, 0.2) is 0 Å². The van der Waals surface area contributed by atoms with Crippen LogP contribution in [0.5, 0.6) is 0 Å². The van der Waals surface area contributed by atoms with Crippen molar-refractivity contribution in [2.24, 2.45) is 0 Å². The standard InChI is InChI=1S/C5H10NO/c1-2-3-4-7-5-6/h6H,2-4H2,1H3. The second-order valence-corrected chi connectivity index (χ2v) is 1.30. The predicted molar refractivity (Wildman–Crippen MR) is 28.6 cm³/mol. The minimum Gasteiger partial charge on any atom is -0.474 e. The molecule has 41 valence electrons. The molecule has 0 aromatic heterocycles. The highest BCUT2D eigenvalue weighted by molar-refractivity contribution is 5.40. The Balaban J connectivity index is 2.56. The van der Waals surface area contributed by atoms with Gasteiger partial charge in [-0.3, -0.25) is 5.41 Å². The zero-order valence-electron chi connectivity index (χ0n) is 4.53. The first-order chi connectivity index (χ1) is 3.41. The molecule has 0 aliphatic heterocycles. The maximum absolute atomic E-state index is 6.31. The quantitative estimate of drug-likeness (QED) is 0.322. The van der Waals surface area contributed by atoms with E-state index < -0.39 is 0 Å². The molecule has 2 heteroatoms. The fourth-order valence-electron chi connectivity index (χ4n) is 0.268. The Morgan fingerprint density at radius 3 is 2.86 bits per heavy atom. The summed E-state index contributed by atoms with van der Waals surface area (Å²) >= 11 is 0. The summed E-state index contributed by atoms with van der Waals surface area (Å²) in [6.07, 6.45) is 3.99. The predicted octanol–water partition coefficient (Wildman–Crippen LogP) is 1.29. The van der Waals surface area contributed by atoms with Gasteiger partial charge in [-0.2, -0.15) is 0 Å². The van der Waals surface area contributed by atoms with Crippen LogP contribution in [0.1, 0.15) is 19.8 Å². The van der Waals surface area contributed by atoms with Crippen LogP contribution in [0.25, 0.3) is 0 Å². The van der Waals surface area contributed by atoms with Crippen molar-refractivity contribution in [3.05, 3.63) is 0 Å². The van der Waals surface area contributed by atoms with Crippen LogP contribution >= 0.6 is 0 Å². The molecule has 1 N–H and O–H groups in total. The molecule has 0 aliphatic carbocycles. The molecule has 0 spiro atoms. The molecule has 0 aromatic rings. The Bertz CT molecular complexity index is 45.3. The zero-order valence-corrected chi connectivity index (χ0v) is 4.53. The van der Waals surface area contributed by atoms with Crippen molar-refractivity contribution in [1.82, 2.24) is 0 Å². The van der Waals surface area contributed by atoms with E-state index in [1.165, 1.54) is 0 Å². The van der Waals surface area contributed by atoms with Crippen molar-refractivity contribution in [2.45, 2.75) is 19.8 Å². The average molecular weight is 100 g/mol. The van der Waals surface area contributed by atoms with Crippen LogP contribution in [-0.4, -0.2) is 13.0 Å². The summed E-state index contributed by atoms with van der Waals surface area (Å²) in [5.74, 6) is 0. The highest BCUT2D eigenvalue weighted by Crippen LogP contribution is 1.83. The molecule has 0 aliphatic rings. The largest absolute Gasteiger partial charge is 0.474 e. The maximum Gasteiger partial charge on any atom is 0.269 e. The van der Waals surface area contributed by atoms with E-state index in [9.17, 15) is 0 Å². The fraction of sp³-hybridized carbons (Fsp3) is 0.800. The Labute approximate surface area is 44.0 Å². The lowest BCUT2D eigenvalue weighted by Gasteiger charge is -1.91. The van der Waals surface area contributed by atoms with Gasteiger partial charge in [0.1, 0.15) is 0 Å². The van der Waals surface area contributed by atoms with E-state index in [2.05, 4.69) is 11.7 Å². The number of hydrogen-bond donors (Lipinski definition) is 1. The van der Waals surface area contributed by atoms with E-state index in [0.29, 0.717) is 6.61 Å². The minimum absolute atomic E-state index is 0.639. The van der Waals surface area contributed by atoms with Crippen molar-refractivity contribution in [3.8, 4) is 0 Å². The van der Waals surface area contributed by atoms with E-state index >= 15 is 0 Å². The highest BCUT2D eigenvalue weighted by atomic mass is 16.5. The van der Waals surface area contributed by atoms with Gasteiger partial charge in [0, 0.05) is 0 Å². The lowest BCUT2D eigenvalue weighted by molar-refractivity contribution is 0.309. The summed E-state index contributed by atoms with van der Waals surface area (Å²) in [7, 11) is 0. The number of nitrogens with one attached hydrogen (secondary N) is 1. The van der Waals surface area contributed by atoms with Gasteiger partial charge in [0.05, 0.1) is 6.61 Å². The molecule has 0 unspecified atom stereocenters. The van der Waals surface area contributed by atoms with Gasteiger partial charge in [0.2, 0.25) is 0 Å². The minimum atomic E-state index is 0.639. The molecule has 0 rings (SSSR count). The second-order valence-electron chi connectivity index (χ2n) is 1.30. The van der Waals surface area contributed by atoms with Crippen molar-refractivity contribution in [3.63, 3.8) is 0 Å². The van der Waals surface area contributed by atoms with Gasteiger partial charge >= 0.3 is 0 Å². The molecule has 0 heterocycles. The van der Waals surface area contributed by atoms with E-state index in [4.69, 9.17) is 5.41 Å². The average Bonchev–Trinajstić information content (AvgIpc) is 1.69. The van der Waals surface area contributed by atoms with Gasteiger partial charge in [-0.15, -0.1) is 0 Å². The topological polar surface area (TPSA) is 33.1 Å². The second kappa shape index (κ2) is 5.47. The van der Waals surface area contributed by atoms with Crippen molar-refractivity contribution < 1.29 is 4.74 Å². The molecule has 2 nitrogen and oxygen atoms in total. The summed E-state index contributed by atoms with van der Waals surface area (Å²) in [6.45, 7) is 2.72. The lowest BCUT2D eigenvalue weighted by Crippen LogP contribution is -1.88. The molecule has 0 saturated heterocycles. The number of hydrogen-bond acceptors (Lipinski definition) is 2. The smallest absolute Gasteiger partial charge is 0.269 e. The molecular weight excluding hydrogens is 90.1 g/mol. The summed E-state index contributed by atoms with van der Waals surface area (Å²) in [5.41, 5.74) is 0. The van der Waals surface area contributed by atoms with Gasteiger partial charge in [0.25, 0.3) is 6.40 Å². The third-order valence-electron chi connectivity index (χ3n) is 0.672. The van der Waals surface area contributed by atoms with Crippen LogP contribution in [0, 0.1) is 5.41 Å². The zero-order chi connectivity index (χ0) is 5.54. The van der Waals surface area contributed by atoms with E-state index in [-0.39, 0.29) is 0 Å².